The number of terminal acetylenes is 1. The van der Waals surface area contributed by atoms with E-state index in [9.17, 15) is 12.8 Å². The number of anilines is 2. The molecule has 2 bridgehead atoms. The third-order valence-corrected chi connectivity index (χ3v) is 12.7. The highest BCUT2D eigenvalue weighted by molar-refractivity contribution is 7.89. The van der Waals surface area contributed by atoms with Crippen LogP contribution in [0.1, 0.15) is 49.4 Å². The minimum atomic E-state index is -3.88. The number of nitrogens with one attached hydrogen (secondary N) is 1. The summed E-state index contributed by atoms with van der Waals surface area (Å²) in [5, 5.41) is 9.36. The van der Waals surface area contributed by atoms with Crippen molar-refractivity contribution in [3.05, 3.63) is 90.1 Å². The molecule has 3 unspecified atom stereocenters. The van der Waals surface area contributed by atoms with Gasteiger partial charge in [0.25, 0.3) is 10.0 Å². The van der Waals surface area contributed by atoms with Gasteiger partial charge in [-0.25, -0.2) is 13.8 Å². The Hall–Kier alpha value is -5.72. The molecule has 0 radical (unpaired) electrons. The van der Waals surface area contributed by atoms with Crippen molar-refractivity contribution in [2.45, 2.75) is 61.1 Å². The van der Waals surface area contributed by atoms with E-state index in [1.807, 2.05) is 0 Å². The summed E-state index contributed by atoms with van der Waals surface area (Å²) in [6, 6.07) is 15.5. The minimum Gasteiger partial charge on any atom is -0.458 e. The van der Waals surface area contributed by atoms with Crippen molar-refractivity contribution in [1.82, 2.24) is 34.4 Å². The number of fused-ring (bicyclic) bond motifs is 4. The van der Waals surface area contributed by atoms with E-state index in [2.05, 4.69) is 41.1 Å². The van der Waals surface area contributed by atoms with E-state index >= 15 is 4.39 Å². The fourth-order valence-electron chi connectivity index (χ4n) is 8.22. The lowest BCUT2D eigenvalue weighted by Crippen LogP contribution is -2.51. The molecule has 278 valence electrons. The van der Waals surface area contributed by atoms with Gasteiger partial charge in [0.1, 0.15) is 35.3 Å². The molecule has 3 saturated heterocycles. The quantitative estimate of drug-likeness (QED) is 0.200. The van der Waals surface area contributed by atoms with Gasteiger partial charge in [0, 0.05) is 66.9 Å². The Bertz CT molecular complexity index is 2650. The molecule has 3 aromatic heterocycles. The number of rotatable bonds is 8. The van der Waals surface area contributed by atoms with E-state index in [4.69, 9.17) is 16.1 Å². The van der Waals surface area contributed by atoms with Gasteiger partial charge in [-0.2, -0.15) is 18.4 Å². The van der Waals surface area contributed by atoms with Crippen LogP contribution >= 0.6 is 0 Å². The average molecular weight is 760 g/mol. The van der Waals surface area contributed by atoms with Gasteiger partial charge >= 0.3 is 6.01 Å². The summed E-state index contributed by atoms with van der Waals surface area (Å²) in [5.74, 6) is 2.54. The highest BCUT2D eigenvalue weighted by Crippen LogP contribution is 2.39. The molecule has 3 atom stereocenters. The lowest BCUT2D eigenvalue weighted by Gasteiger charge is -2.34. The molecule has 1 N–H and O–H groups in total. The van der Waals surface area contributed by atoms with Crippen molar-refractivity contribution in [3.63, 3.8) is 0 Å². The fourth-order valence-corrected chi connectivity index (χ4v) is 9.27. The smallest absolute Gasteiger partial charge is 0.319 e. The van der Waals surface area contributed by atoms with Crippen LogP contribution < -0.4 is 19.9 Å². The van der Waals surface area contributed by atoms with Gasteiger partial charge in [-0.15, -0.1) is 15.6 Å². The molecule has 3 aliphatic heterocycles. The molecule has 10 rings (SSSR count). The summed E-state index contributed by atoms with van der Waals surface area (Å²) in [6.45, 7) is 2.51. The molecule has 4 fully saturated rings. The van der Waals surface area contributed by atoms with Crippen LogP contribution in [-0.4, -0.2) is 81.9 Å². The summed E-state index contributed by atoms with van der Waals surface area (Å²) in [5.41, 5.74) is 1.29. The number of halogens is 2. The number of pyridine rings is 1. The van der Waals surface area contributed by atoms with Gasteiger partial charge in [0.05, 0.1) is 22.4 Å². The lowest BCUT2D eigenvalue weighted by atomic mass is 9.96. The average Bonchev–Trinajstić information content (AvgIpc) is 3.55. The van der Waals surface area contributed by atoms with E-state index < -0.39 is 21.7 Å². The van der Waals surface area contributed by atoms with Gasteiger partial charge in [0.15, 0.2) is 11.6 Å². The number of hydrogen-bond acceptors (Lipinski definition) is 11. The van der Waals surface area contributed by atoms with Crippen molar-refractivity contribution in [1.29, 1.82) is 0 Å². The Morgan fingerprint density at radius 2 is 1.69 bits per heavy atom. The van der Waals surface area contributed by atoms with E-state index in [1.165, 1.54) is 12.4 Å². The zero-order valence-corrected chi connectivity index (χ0v) is 30.4. The lowest BCUT2D eigenvalue weighted by molar-refractivity contribution is 0.207. The molecular weight excluding hydrogens is 725 g/mol. The first-order chi connectivity index (χ1) is 26.7. The van der Waals surface area contributed by atoms with Crippen molar-refractivity contribution >= 4 is 43.2 Å². The second kappa shape index (κ2) is 13.0. The predicted octanol–water partition coefficient (Wildman–Crippen LogP) is 5.41. The summed E-state index contributed by atoms with van der Waals surface area (Å²) in [7, 11) is -3.88. The number of hydrogen-bond donors (Lipinski definition) is 1. The first kappa shape index (κ1) is 33.8. The monoisotopic (exact) mass is 759 g/mol. The van der Waals surface area contributed by atoms with Crippen LogP contribution in [0.4, 0.5) is 20.3 Å². The summed E-state index contributed by atoms with van der Waals surface area (Å²) >= 11 is 0. The standard InChI is InChI=1S/C40H35F2N9O3S/c1-2-30-33(41)15-8-23-4-3-5-31(34(23)30)36-35(42)37-32(18-43-36)39(50-19-25-9-10-26(20-50)45-25)47-40(46-37)54-28-16-17-49(21-28)27-11-13-29(14-12-27)55(52,53)51-22-44-38(48-51)24-6-7-24/h1,3-5,8,11-15,18,22,24-26,28,45H,6-7,9-10,16-17,19-21H2. The maximum absolute atomic E-state index is 16.9. The van der Waals surface area contributed by atoms with Crippen molar-refractivity contribution in [2.24, 2.45) is 0 Å². The van der Waals surface area contributed by atoms with E-state index in [0.717, 1.165) is 35.5 Å². The summed E-state index contributed by atoms with van der Waals surface area (Å²) in [6.07, 6.45) is 12.9. The number of aromatic nitrogens is 6. The zero-order valence-electron chi connectivity index (χ0n) is 29.6. The first-order valence-corrected chi connectivity index (χ1v) is 19.9. The summed E-state index contributed by atoms with van der Waals surface area (Å²) in [4.78, 5) is 22.7. The zero-order chi connectivity index (χ0) is 37.4. The van der Waals surface area contributed by atoms with Crippen molar-refractivity contribution in [3.8, 4) is 29.6 Å². The number of piperazine rings is 1. The highest BCUT2D eigenvalue weighted by atomic mass is 32.2. The van der Waals surface area contributed by atoms with Gasteiger partial charge in [-0.1, -0.05) is 30.2 Å². The van der Waals surface area contributed by atoms with E-state index in [1.54, 1.807) is 54.7 Å². The van der Waals surface area contributed by atoms with Crippen LogP contribution in [0.2, 0.25) is 0 Å². The maximum Gasteiger partial charge on any atom is 0.319 e. The molecule has 55 heavy (non-hydrogen) atoms. The Kier molecular flexibility index (Phi) is 7.96. The number of benzene rings is 3. The van der Waals surface area contributed by atoms with Crippen LogP contribution in [0.25, 0.3) is 32.9 Å². The van der Waals surface area contributed by atoms with Crippen LogP contribution in [-0.2, 0) is 10.0 Å². The minimum absolute atomic E-state index is 0.000793. The second-order valence-electron chi connectivity index (χ2n) is 14.7. The Morgan fingerprint density at radius 3 is 2.45 bits per heavy atom. The van der Waals surface area contributed by atoms with E-state index in [-0.39, 0.29) is 39.7 Å². The Morgan fingerprint density at radius 1 is 0.891 bits per heavy atom. The Labute approximate surface area is 315 Å². The normalized spacial score (nSPS) is 21.1. The van der Waals surface area contributed by atoms with Crippen LogP contribution in [0, 0.1) is 24.0 Å². The van der Waals surface area contributed by atoms with Crippen LogP contribution in [0.5, 0.6) is 6.01 Å². The Balaban J connectivity index is 0.960. The van der Waals surface area contributed by atoms with Gasteiger partial charge in [-0.05, 0) is 61.4 Å². The molecule has 6 heterocycles. The van der Waals surface area contributed by atoms with Gasteiger partial charge in [0.2, 0.25) is 0 Å². The van der Waals surface area contributed by atoms with Gasteiger partial charge in [-0.3, -0.25) is 4.98 Å². The second-order valence-corrected chi connectivity index (χ2v) is 16.5. The molecule has 3 aromatic carbocycles. The van der Waals surface area contributed by atoms with Crippen LogP contribution in [0.3, 0.4) is 0 Å². The number of nitrogens with zero attached hydrogens (tertiary/aromatic N) is 8. The molecule has 6 aromatic rings. The third kappa shape index (κ3) is 5.91. The largest absolute Gasteiger partial charge is 0.458 e. The van der Waals surface area contributed by atoms with E-state index in [0.29, 0.717) is 78.0 Å². The molecule has 1 saturated carbocycles. The first-order valence-electron chi connectivity index (χ1n) is 18.5. The topological polar surface area (TPSA) is 131 Å². The summed E-state index contributed by atoms with van der Waals surface area (Å²) < 4.78 is 65.7. The molecular formula is C40H35F2N9O3S. The molecule has 0 spiro atoms. The number of ether oxygens (including phenoxy) is 1. The van der Waals surface area contributed by atoms with Gasteiger partial charge < -0.3 is 19.9 Å². The molecule has 15 heteroatoms. The van der Waals surface area contributed by atoms with Crippen LogP contribution in [0.15, 0.2) is 72.0 Å². The highest BCUT2D eigenvalue weighted by Gasteiger charge is 2.35. The molecule has 0 amide bonds. The fraction of sp³-hybridized carbons (Fsp3) is 0.325. The molecule has 12 nitrogen and oxygen atoms in total. The molecule has 1 aliphatic carbocycles. The predicted molar refractivity (Wildman–Crippen MR) is 203 cm³/mol. The molecule has 4 aliphatic rings. The maximum atomic E-state index is 16.9. The third-order valence-electron chi connectivity index (χ3n) is 11.1. The SMILES string of the molecule is C#Cc1c(F)ccc2cccc(-c3ncc4c(N5CC6CCC(C5)N6)nc(OC5CCN(c6ccc(S(=O)(=O)n7cnc(C8CC8)n7)cc6)C5)nc4c3F)c12. The van der Waals surface area contributed by atoms with Crippen molar-refractivity contribution in [2.75, 3.05) is 36.0 Å². The van der Waals surface area contributed by atoms with Crippen molar-refractivity contribution < 1.29 is 21.9 Å².